The largest absolute Gasteiger partial charge is 0.444 e. The van der Waals surface area contributed by atoms with Crippen molar-refractivity contribution >= 4 is 40.2 Å². The quantitative estimate of drug-likeness (QED) is 0.676. The average Bonchev–Trinajstić information content (AvgIpc) is 2.50. The van der Waals surface area contributed by atoms with Crippen molar-refractivity contribution < 1.29 is 22.7 Å². The number of pyridine rings is 1. The number of nitrogens with zero attached hydrogens (tertiary/aromatic N) is 3. The Hall–Kier alpha value is -2.36. The van der Waals surface area contributed by atoms with Gasteiger partial charge in [-0.15, -0.1) is 0 Å². The molecule has 2 rings (SSSR count). The number of alkyl halides is 3. The molecule has 0 unspecified atom stereocenters. The zero-order chi connectivity index (χ0) is 21.3. The number of hydrogen-bond donors (Lipinski definition) is 2. The molecule has 1 amide bonds. The van der Waals surface area contributed by atoms with Crippen LogP contribution in [0.5, 0.6) is 0 Å². The summed E-state index contributed by atoms with van der Waals surface area (Å²) in [6.45, 7) is 6.83. The van der Waals surface area contributed by atoms with Crippen LogP contribution in [0.2, 0.25) is 5.15 Å². The Morgan fingerprint density at radius 3 is 2.39 bits per heavy atom. The number of fused-ring (bicyclic) bond motifs is 1. The van der Waals surface area contributed by atoms with Crippen LogP contribution in [0.25, 0.3) is 10.9 Å². The molecule has 0 spiro atoms. The van der Waals surface area contributed by atoms with Crippen molar-refractivity contribution in [1.82, 2.24) is 15.0 Å². The van der Waals surface area contributed by atoms with E-state index < -0.39 is 29.8 Å². The van der Waals surface area contributed by atoms with Crippen LogP contribution in [0.1, 0.15) is 34.6 Å². The van der Waals surface area contributed by atoms with Gasteiger partial charge in [0.1, 0.15) is 29.1 Å². The van der Waals surface area contributed by atoms with Crippen molar-refractivity contribution in [2.24, 2.45) is 5.41 Å². The Balaban J connectivity index is 2.33. The normalized spacial score (nSPS) is 12.8. The molecule has 0 radical (unpaired) electrons. The number of anilines is 2. The Labute approximate surface area is 165 Å². The van der Waals surface area contributed by atoms with Crippen LogP contribution in [0.3, 0.4) is 0 Å². The van der Waals surface area contributed by atoms with Crippen molar-refractivity contribution in [3.63, 3.8) is 0 Å². The summed E-state index contributed by atoms with van der Waals surface area (Å²) in [4.78, 5) is 24.0. The van der Waals surface area contributed by atoms with Crippen LogP contribution in [0.4, 0.5) is 29.6 Å². The highest BCUT2D eigenvalue weighted by molar-refractivity contribution is 6.34. The maximum atomic E-state index is 13.1. The van der Waals surface area contributed by atoms with Crippen LogP contribution in [-0.4, -0.2) is 39.4 Å². The maximum Gasteiger partial charge on any atom is 0.413 e. The predicted octanol–water partition coefficient (Wildman–Crippen LogP) is 5.03. The molecule has 7 nitrogen and oxygen atoms in total. The SMILES string of the molecule is CC(C)(C)OC(=O)Nc1cc2c(NCC(C)(C)C(F)(F)F)ncnc2c(Cl)n1. The van der Waals surface area contributed by atoms with Crippen molar-refractivity contribution in [1.29, 1.82) is 0 Å². The van der Waals surface area contributed by atoms with Gasteiger partial charge in [0.25, 0.3) is 0 Å². The zero-order valence-electron chi connectivity index (χ0n) is 16.0. The minimum atomic E-state index is -4.40. The summed E-state index contributed by atoms with van der Waals surface area (Å²) in [6.07, 6.45) is -3.98. The topological polar surface area (TPSA) is 89.0 Å². The van der Waals surface area contributed by atoms with Gasteiger partial charge in [0.2, 0.25) is 0 Å². The van der Waals surface area contributed by atoms with E-state index in [1.54, 1.807) is 20.8 Å². The fraction of sp³-hybridized carbons (Fsp3) is 0.529. The predicted molar refractivity (Wildman–Crippen MR) is 101 cm³/mol. The number of ether oxygens (including phenoxy) is 1. The molecule has 0 aliphatic heterocycles. The standard InChI is InChI=1S/C17H21ClF3N5O2/c1-15(2,3)28-14(27)26-10-6-9-11(12(18)25-10)23-8-24-13(9)22-7-16(4,5)17(19,20)21/h6,8H,7H2,1-5H3,(H,22,23,24)(H,25,26,27). The van der Waals surface area contributed by atoms with Gasteiger partial charge in [-0.1, -0.05) is 11.6 Å². The third kappa shape index (κ3) is 5.34. The summed E-state index contributed by atoms with van der Waals surface area (Å²) in [7, 11) is 0. The average molecular weight is 420 g/mol. The molecule has 0 saturated carbocycles. The highest BCUT2D eigenvalue weighted by atomic mass is 35.5. The number of aromatic nitrogens is 3. The van der Waals surface area contributed by atoms with E-state index in [1.165, 1.54) is 12.4 Å². The summed E-state index contributed by atoms with van der Waals surface area (Å²) < 4.78 is 44.4. The molecule has 0 saturated heterocycles. The minimum absolute atomic E-state index is 0.0379. The second kappa shape index (κ2) is 7.57. The lowest BCUT2D eigenvalue weighted by Crippen LogP contribution is -2.38. The van der Waals surface area contributed by atoms with E-state index in [2.05, 4.69) is 25.6 Å². The van der Waals surface area contributed by atoms with Crippen LogP contribution in [0.15, 0.2) is 12.4 Å². The molecule has 11 heteroatoms. The fourth-order valence-corrected chi connectivity index (χ4v) is 2.28. The molecule has 0 aromatic carbocycles. The van der Waals surface area contributed by atoms with Crippen molar-refractivity contribution in [3.05, 3.63) is 17.5 Å². The van der Waals surface area contributed by atoms with Gasteiger partial charge in [-0.05, 0) is 40.7 Å². The van der Waals surface area contributed by atoms with E-state index >= 15 is 0 Å². The number of amides is 1. The first-order valence-corrected chi connectivity index (χ1v) is 8.69. The second-order valence-corrected chi connectivity index (χ2v) is 8.14. The van der Waals surface area contributed by atoms with Crippen LogP contribution < -0.4 is 10.6 Å². The van der Waals surface area contributed by atoms with Crippen molar-refractivity contribution in [2.45, 2.75) is 46.4 Å². The molecule has 0 aliphatic carbocycles. The van der Waals surface area contributed by atoms with Gasteiger partial charge in [0.15, 0.2) is 5.15 Å². The van der Waals surface area contributed by atoms with E-state index in [0.717, 1.165) is 13.8 Å². The van der Waals surface area contributed by atoms with Crippen molar-refractivity contribution in [3.8, 4) is 0 Å². The lowest BCUT2D eigenvalue weighted by atomic mass is 9.93. The molecule has 2 heterocycles. The molecular weight excluding hydrogens is 399 g/mol. The Kier molecular flexibility index (Phi) is 5.93. The van der Waals surface area contributed by atoms with E-state index in [0.29, 0.717) is 5.39 Å². The Morgan fingerprint density at radius 1 is 1.18 bits per heavy atom. The highest BCUT2D eigenvalue weighted by Crippen LogP contribution is 2.38. The van der Waals surface area contributed by atoms with Crippen molar-refractivity contribution in [2.75, 3.05) is 17.2 Å². The Bertz CT molecular complexity index is 881. The molecule has 28 heavy (non-hydrogen) atoms. The van der Waals surface area contributed by atoms with Gasteiger partial charge >= 0.3 is 12.3 Å². The lowest BCUT2D eigenvalue weighted by molar-refractivity contribution is -0.206. The summed E-state index contributed by atoms with van der Waals surface area (Å²) in [5.74, 6) is 0.193. The summed E-state index contributed by atoms with van der Waals surface area (Å²) in [6, 6.07) is 1.41. The van der Waals surface area contributed by atoms with E-state index in [-0.39, 0.29) is 22.3 Å². The molecule has 0 bridgehead atoms. The molecule has 0 atom stereocenters. The monoisotopic (exact) mass is 419 g/mol. The number of hydrogen-bond acceptors (Lipinski definition) is 6. The molecule has 154 valence electrons. The third-order valence-corrected chi connectivity index (χ3v) is 3.94. The molecule has 0 aliphatic rings. The Morgan fingerprint density at radius 2 is 1.82 bits per heavy atom. The second-order valence-electron chi connectivity index (χ2n) is 7.78. The first-order valence-electron chi connectivity index (χ1n) is 8.31. The van der Waals surface area contributed by atoms with Crippen LogP contribution >= 0.6 is 11.6 Å². The van der Waals surface area contributed by atoms with Crippen LogP contribution in [-0.2, 0) is 4.74 Å². The van der Waals surface area contributed by atoms with Crippen LogP contribution in [0, 0.1) is 5.41 Å². The number of carbonyl (C=O) groups excluding carboxylic acids is 1. The minimum Gasteiger partial charge on any atom is -0.444 e. The van der Waals surface area contributed by atoms with Gasteiger partial charge in [-0.25, -0.2) is 19.7 Å². The van der Waals surface area contributed by atoms with Gasteiger partial charge in [-0.2, -0.15) is 13.2 Å². The highest BCUT2D eigenvalue weighted by Gasteiger charge is 2.47. The summed E-state index contributed by atoms with van der Waals surface area (Å²) in [5.41, 5.74) is -2.47. The van der Waals surface area contributed by atoms with Gasteiger partial charge in [-0.3, -0.25) is 5.32 Å². The molecular formula is C17H21ClF3N5O2. The third-order valence-electron chi connectivity index (χ3n) is 3.67. The summed E-state index contributed by atoms with van der Waals surface area (Å²) >= 11 is 6.11. The molecule has 2 aromatic heterocycles. The molecule has 0 fully saturated rings. The molecule has 2 N–H and O–H groups in total. The van der Waals surface area contributed by atoms with E-state index in [4.69, 9.17) is 16.3 Å². The first-order chi connectivity index (χ1) is 12.7. The van der Waals surface area contributed by atoms with Gasteiger partial charge in [0, 0.05) is 11.9 Å². The maximum absolute atomic E-state index is 13.1. The van der Waals surface area contributed by atoms with E-state index in [1.807, 2.05) is 0 Å². The fourth-order valence-electron chi connectivity index (χ4n) is 2.04. The van der Waals surface area contributed by atoms with Gasteiger partial charge < -0.3 is 10.1 Å². The number of carbonyl (C=O) groups is 1. The van der Waals surface area contributed by atoms with Gasteiger partial charge in [0.05, 0.1) is 5.41 Å². The number of halogens is 4. The number of nitrogens with one attached hydrogen (secondary N) is 2. The zero-order valence-corrected chi connectivity index (χ0v) is 16.8. The summed E-state index contributed by atoms with van der Waals surface area (Å²) in [5, 5.41) is 5.39. The number of rotatable bonds is 4. The van der Waals surface area contributed by atoms with E-state index in [9.17, 15) is 18.0 Å². The lowest BCUT2D eigenvalue weighted by Gasteiger charge is -2.28. The smallest absolute Gasteiger partial charge is 0.413 e. The molecule has 2 aromatic rings. The first kappa shape index (κ1) is 21.9.